The smallest absolute Gasteiger partial charge is 0.306 e. The Morgan fingerprint density at radius 2 is 0.772 bits per heavy atom. The first-order valence-corrected chi connectivity index (χ1v) is 34.0. The minimum Gasteiger partial charge on any atom is -0.756 e. The van der Waals surface area contributed by atoms with Crippen molar-refractivity contribution in [2.75, 3.05) is 40.9 Å². The molecule has 0 aromatic carbocycles. The van der Waals surface area contributed by atoms with Crippen LogP contribution in [0.5, 0.6) is 0 Å². The SMILES string of the molecule is CCCCC/C=C\C/C=C\C/C=C\C/C=C\CCCCCC(=O)OC(/C=C\CCCCCCCCCCC)C(COP(=O)([O-])OCC[N+](C)(C)C)NC(=O)CCCCCCCCCCCC/C=C\C/C=C\C/C=C\CCCCC. The van der Waals surface area contributed by atoms with Gasteiger partial charge in [0.05, 0.1) is 33.8 Å². The van der Waals surface area contributed by atoms with Crippen LogP contribution in [0.25, 0.3) is 0 Å². The molecule has 3 unspecified atom stereocenters. The molecule has 0 heterocycles. The van der Waals surface area contributed by atoms with Gasteiger partial charge in [-0.15, -0.1) is 0 Å². The predicted molar refractivity (Wildman–Crippen MR) is 339 cm³/mol. The number of nitrogens with one attached hydrogen (secondary N) is 1. The molecule has 0 aliphatic carbocycles. The van der Waals surface area contributed by atoms with Gasteiger partial charge in [0.2, 0.25) is 5.91 Å². The molecule has 0 spiro atoms. The van der Waals surface area contributed by atoms with Crippen molar-refractivity contribution in [1.29, 1.82) is 0 Å². The minimum absolute atomic E-state index is 0.0326. The van der Waals surface area contributed by atoms with Crippen LogP contribution in [0.15, 0.2) is 97.2 Å². The highest BCUT2D eigenvalue weighted by Gasteiger charge is 2.27. The Hall–Kier alpha value is -3.07. The summed E-state index contributed by atoms with van der Waals surface area (Å²) in [7, 11) is 1.15. The van der Waals surface area contributed by atoms with Gasteiger partial charge in [0, 0.05) is 12.8 Å². The number of quaternary nitrogens is 1. The summed E-state index contributed by atoms with van der Waals surface area (Å²) in [6.07, 6.45) is 78.0. The summed E-state index contributed by atoms with van der Waals surface area (Å²) >= 11 is 0. The molecule has 1 N–H and O–H groups in total. The zero-order chi connectivity index (χ0) is 57.9. The van der Waals surface area contributed by atoms with Crippen LogP contribution in [0.4, 0.5) is 0 Å². The third-order valence-corrected chi connectivity index (χ3v) is 15.0. The molecular weight excluding hydrogens is 1000 g/mol. The Kier molecular flexibility index (Phi) is 55.9. The lowest BCUT2D eigenvalue weighted by Gasteiger charge is -2.30. The predicted octanol–water partition coefficient (Wildman–Crippen LogP) is 19.7. The van der Waals surface area contributed by atoms with Gasteiger partial charge in [0.1, 0.15) is 19.3 Å². The van der Waals surface area contributed by atoms with Crippen molar-refractivity contribution in [1.82, 2.24) is 5.32 Å². The van der Waals surface area contributed by atoms with Crippen molar-refractivity contribution in [2.24, 2.45) is 0 Å². The first-order valence-electron chi connectivity index (χ1n) is 32.5. The second-order valence-electron chi connectivity index (χ2n) is 22.9. The highest BCUT2D eigenvalue weighted by Crippen LogP contribution is 2.38. The number of allylic oxidation sites excluding steroid dienone is 15. The van der Waals surface area contributed by atoms with E-state index in [1.54, 1.807) is 0 Å². The van der Waals surface area contributed by atoms with Gasteiger partial charge < -0.3 is 28.5 Å². The maximum atomic E-state index is 13.6. The lowest BCUT2D eigenvalue weighted by atomic mass is 10.0. The fourth-order valence-corrected chi connectivity index (χ4v) is 9.65. The summed E-state index contributed by atoms with van der Waals surface area (Å²) in [6.45, 7) is 6.76. The molecule has 0 rings (SSSR count). The van der Waals surface area contributed by atoms with Gasteiger partial charge in [-0.2, -0.15) is 0 Å². The van der Waals surface area contributed by atoms with E-state index in [9.17, 15) is 19.0 Å². The number of hydrogen-bond acceptors (Lipinski definition) is 7. The van der Waals surface area contributed by atoms with E-state index in [1.807, 2.05) is 33.3 Å². The Labute approximate surface area is 488 Å². The van der Waals surface area contributed by atoms with Crippen molar-refractivity contribution in [2.45, 2.75) is 290 Å². The van der Waals surface area contributed by atoms with Gasteiger partial charge >= 0.3 is 5.97 Å². The number of hydrogen-bond donors (Lipinski definition) is 1. The molecule has 3 atom stereocenters. The molecule has 10 heteroatoms. The average molecular weight is 1120 g/mol. The first kappa shape index (κ1) is 75.9. The number of carbonyl (C=O) groups is 2. The molecule has 9 nitrogen and oxygen atoms in total. The summed E-state index contributed by atoms with van der Waals surface area (Å²) in [5, 5.41) is 3.02. The van der Waals surface area contributed by atoms with Crippen molar-refractivity contribution < 1.29 is 37.3 Å². The highest BCUT2D eigenvalue weighted by molar-refractivity contribution is 7.45. The first-order chi connectivity index (χ1) is 38.4. The molecule has 0 radical (unpaired) electrons. The van der Waals surface area contributed by atoms with Crippen molar-refractivity contribution in [3.63, 3.8) is 0 Å². The Morgan fingerprint density at radius 3 is 1.19 bits per heavy atom. The molecule has 0 saturated carbocycles. The molecule has 456 valence electrons. The number of ether oxygens (including phenoxy) is 1. The quantitative estimate of drug-likeness (QED) is 0.0212. The third kappa shape index (κ3) is 59.4. The number of phosphoric ester groups is 1. The van der Waals surface area contributed by atoms with Gasteiger partial charge in [-0.05, 0) is 115 Å². The molecule has 1 amide bonds. The van der Waals surface area contributed by atoms with Crippen LogP contribution in [0.3, 0.4) is 0 Å². The van der Waals surface area contributed by atoms with E-state index in [1.165, 1.54) is 135 Å². The van der Waals surface area contributed by atoms with Crippen LogP contribution in [-0.4, -0.2) is 69.4 Å². The van der Waals surface area contributed by atoms with E-state index >= 15 is 0 Å². The molecule has 0 aliphatic rings. The standard InChI is InChI=1S/C69H123N2O7P/c1-7-10-13-16-19-22-25-27-29-31-33-34-35-36-38-39-41-43-46-49-52-55-58-61-68(72)70-66(65-77-79(74,75)76-64-63-71(4,5)6)67(60-57-54-51-48-45-24-21-18-15-12-9-3)78-69(73)62-59-56-53-50-47-44-42-40-37-32-30-28-26-23-20-17-14-11-8-2/h19-20,22-23,27-30,33-34,37,40,44,47,57,60,66-67H,7-18,21,24-26,31-32,35-36,38-39,41-43,45-46,48-56,58-59,61-65H2,1-6H3,(H-,70,72,74,75)/b22-19-,23-20-,29-27-,30-28-,34-33-,40-37-,47-44-,60-57-. The van der Waals surface area contributed by atoms with Crippen LogP contribution in [-0.2, 0) is 27.9 Å². The van der Waals surface area contributed by atoms with Crippen LogP contribution < -0.4 is 10.2 Å². The number of esters is 1. The average Bonchev–Trinajstić information content (AvgIpc) is 3.41. The van der Waals surface area contributed by atoms with Crippen LogP contribution in [0, 0.1) is 0 Å². The van der Waals surface area contributed by atoms with Crippen molar-refractivity contribution in [3.8, 4) is 0 Å². The number of nitrogens with zero attached hydrogens (tertiary/aromatic N) is 1. The minimum atomic E-state index is -4.71. The second-order valence-corrected chi connectivity index (χ2v) is 24.3. The molecule has 0 aliphatic heterocycles. The van der Waals surface area contributed by atoms with Crippen molar-refractivity contribution >= 4 is 19.7 Å². The van der Waals surface area contributed by atoms with E-state index < -0.39 is 26.6 Å². The summed E-state index contributed by atoms with van der Waals surface area (Å²) in [4.78, 5) is 40.0. The summed E-state index contributed by atoms with van der Waals surface area (Å²) in [6, 6.07) is -0.909. The topological polar surface area (TPSA) is 114 Å². The van der Waals surface area contributed by atoms with Crippen molar-refractivity contribution in [3.05, 3.63) is 97.2 Å². The number of phosphoric acid groups is 1. The molecular formula is C69H123N2O7P. The molecule has 0 aromatic rings. The van der Waals surface area contributed by atoms with Crippen LogP contribution in [0.1, 0.15) is 278 Å². The largest absolute Gasteiger partial charge is 0.756 e. The summed E-state index contributed by atoms with van der Waals surface area (Å²) < 4.78 is 30.3. The number of amides is 1. The van der Waals surface area contributed by atoms with Gasteiger partial charge in [-0.1, -0.05) is 247 Å². The number of unbranched alkanes of at least 4 members (excludes halogenated alkanes) is 28. The Balaban J connectivity index is 5.21. The van der Waals surface area contributed by atoms with Crippen LogP contribution >= 0.6 is 7.82 Å². The monoisotopic (exact) mass is 1120 g/mol. The van der Waals surface area contributed by atoms with Gasteiger partial charge in [-0.25, -0.2) is 0 Å². The second kappa shape index (κ2) is 58.1. The molecule has 0 bridgehead atoms. The van der Waals surface area contributed by atoms with E-state index in [2.05, 4.69) is 111 Å². The fourth-order valence-electron chi connectivity index (χ4n) is 8.92. The number of rotatable bonds is 58. The summed E-state index contributed by atoms with van der Waals surface area (Å²) in [5.74, 6) is -0.583. The normalized spacial score (nSPS) is 14.3. The number of likely N-dealkylation sites (N-methyl/N-ethyl adjacent to an activating group) is 1. The molecule has 79 heavy (non-hydrogen) atoms. The van der Waals surface area contributed by atoms with E-state index in [-0.39, 0.29) is 24.9 Å². The number of carbonyl (C=O) groups excluding carboxylic acids is 2. The van der Waals surface area contributed by atoms with Gasteiger partial charge in [-0.3, -0.25) is 14.2 Å². The van der Waals surface area contributed by atoms with E-state index in [0.29, 0.717) is 23.9 Å². The summed E-state index contributed by atoms with van der Waals surface area (Å²) in [5.41, 5.74) is 0. The molecule has 0 saturated heterocycles. The highest BCUT2D eigenvalue weighted by atomic mass is 31.2. The Morgan fingerprint density at radius 1 is 0.443 bits per heavy atom. The van der Waals surface area contributed by atoms with E-state index in [0.717, 1.165) is 103 Å². The maximum absolute atomic E-state index is 13.6. The van der Waals surface area contributed by atoms with Gasteiger partial charge in [0.25, 0.3) is 7.82 Å². The molecule has 0 aromatic heterocycles. The lowest BCUT2D eigenvalue weighted by Crippen LogP contribution is -2.47. The van der Waals surface area contributed by atoms with Crippen LogP contribution in [0.2, 0.25) is 0 Å². The molecule has 0 fully saturated rings. The Bertz CT molecular complexity index is 1670. The lowest BCUT2D eigenvalue weighted by molar-refractivity contribution is -0.870. The van der Waals surface area contributed by atoms with Gasteiger partial charge in [0.15, 0.2) is 0 Å². The zero-order valence-corrected chi connectivity index (χ0v) is 52.9. The van der Waals surface area contributed by atoms with E-state index in [4.69, 9.17) is 13.8 Å². The fraction of sp³-hybridized carbons (Fsp3) is 0.739. The third-order valence-electron chi connectivity index (χ3n) is 14.0. The maximum Gasteiger partial charge on any atom is 0.306 e. The zero-order valence-electron chi connectivity index (χ0n) is 52.1.